The second kappa shape index (κ2) is 5.32. The number of hydrogen-bond donors (Lipinski definition) is 2. The van der Waals surface area contributed by atoms with Crippen molar-refractivity contribution in [3.63, 3.8) is 0 Å². The summed E-state index contributed by atoms with van der Waals surface area (Å²) in [6.07, 6.45) is 2.24. The van der Waals surface area contributed by atoms with Crippen molar-refractivity contribution in [2.75, 3.05) is 5.32 Å². The van der Waals surface area contributed by atoms with E-state index in [1.165, 1.54) is 6.07 Å². The van der Waals surface area contributed by atoms with Gasteiger partial charge in [-0.15, -0.1) is 0 Å². The SMILES string of the molecule is NC(CC(=O)Nc1cc(Br)c(F)cc1F)C1CC1. The highest BCUT2D eigenvalue weighted by atomic mass is 79.9. The first-order valence-corrected chi connectivity index (χ1v) is 6.46. The lowest BCUT2D eigenvalue weighted by atomic mass is 10.1. The topological polar surface area (TPSA) is 55.1 Å². The molecule has 3 nitrogen and oxygen atoms in total. The molecule has 1 atom stereocenters. The fraction of sp³-hybridized carbons (Fsp3) is 0.417. The van der Waals surface area contributed by atoms with E-state index >= 15 is 0 Å². The summed E-state index contributed by atoms with van der Waals surface area (Å²) < 4.78 is 26.5. The summed E-state index contributed by atoms with van der Waals surface area (Å²) in [5, 5.41) is 2.40. The van der Waals surface area contributed by atoms with Crippen LogP contribution in [-0.4, -0.2) is 11.9 Å². The number of nitrogens with one attached hydrogen (secondary N) is 1. The molecule has 6 heteroatoms. The summed E-state index contributed by atoms with van der Waals surface area (Å²) in [6, 6.07) is 1.74. The molecule has 2 rings (SSSR count). The number of carbonyl (C=O) groups excluding carboxylic acids is 1. The smallest absolute Gasteiger partial charge is 0.226 e. The lowest BCUT2D eigenvalue weighted by Gasteiger charge is -2.11. The molecule has 0 saturated heterocycles. The highest BCUT2D eigenvalue weighted by Gasteiger charge is 2.29. The minimum Gasteiger partial charge on any atom is -0.327 e. The fourth-order valence-corrected chi connectivity index (χ4v) is 2.07. The second-order valence-corrected chi connectivity index (χ2v) is 5.35. The minimum atomic E-state index is -0.802. The van der Waals surface area contributed by atoms with Crippen molar-refractivity contribution in [3.8, 4) is 0 Å². The van der Waals surface area contributed by atoms with Gasteiger partial charge < -0.3 is 11.1 Å². The van der Waals surface area contributed by atoms with Gasteiger partial charge >= 0.3 is 0 Å². The largest absolute Gasteiger partial charge is 0.327 e. The Bertz CT molecular complexity index is 477. The summed E-state index contributed by atoms with van der Waals surface area (Å²) in [6.45, 7) is 0. The number of rotatable bonds is 4. The second-order valence-electron chi connectivity index (χ2n) is 4.50. The average Bonchev–Trinajstić information content (AvgIpc) is 3.09. The van der Waals surface area contributed by atoms with Gasteiger partial charge in [-0.05, 0) is 40.8 Å². The van der Waals surface area contributed by atoms with E-state index in [1.54, 1.807) is 0 Å². The summed E-state index contributed by atoms with van der Waals surface area (Å²) in [4.78, 5) is 11.6. The molecule has 1 aromatic rings. The average molecular weight is 319 g/mol. The Morgan fingerprint density at radius 2 is 2.11 bits per heavy atom. The summed E-state index contributed by atoms with van der Waals surface area (Å²) in [5.41, 5.74) is 5.76. The maximum absolute atomic E-state index is 13.4. The molecule has 0 heterocycles. The number of nitrogens with two attached hydrogens (primary N) is 1. The van der Waals surface area contributed by atoms with Gasteiger partial charge in [0.2, 0.25) is 5.91 Å². The van der Waals surface area contributed by atoms with Crippen molar-refractivity contribution in [2.24, 2.45) is 11.7 Å². The van der Waals surface area contributed by atoms with Gasteiger partial charge in [0, 0.05) is 18.5 Å². The van der Waals surface area contributed by atoms with Crippen molar-refractivity contribution in [2.45, 2.75) is 25.3 Å². The fourth-order valence-electron chi connectivity index (χ4n) is 1.72. The predicted octanol–water partition coefficient (Wildman–Crippen LogP) is 2.79. The number of benzene rings is 1. The van der Waals surface area contributed by atoms with Crippen LogP contribution < -0.4 is 11.1 Å². The minimum absolute atomic E-state index is 0.0451. The Labute approximate surface area is 112 Å². The maximum atomic E-state index is 13.4. The molecular weight excluding hydrogens is 306 g/mol. The third-order valence-corrected chi connectivity index (χ3v) is 3.54. The number of hydrogen-bond acceptors (Lipinski definition) is 2. The number of carbonyl (C=O) groups is 1. The van der Waals surface area contributed by atoms with Gasteiger partial charge in [0.25, 0.3) is 0 Å². The number of anilines is 1. The number of halogens is 3. The molecule has 1 amide bonds. The molecule has 0 bridgehead atoms. The standard InChI is InChI=1S/C12H13BrF2N2O/c13-7-3-11(9(15)4-8(7)14)17-12(18)5-10(16)6-1-2-6/h3-4,6,10H,1-2,5,16H2,(H,17,18). The molecule has 18 heavy (non-hydrogen) atoms. The third-order valence-electron chi connectivity index (χ3n) is 2.93. The van der Waals surface area contributed by atoms with Gasteiger partial charge in [0.15, 0.2) is 0 Å². The molecule has 3 N–H and O–H groups in total. The van der Waals surface area contributed by atoms with Crippen LogP contribution in [0.4, 0.5) is 14.5 Å². The molecule has 1 aliphatic carbocycles. The molecule has 1 aromatic carbocycles. The van der Waals surface area contributed by atoms with Crippen LogP contribution in [0.25, 0.3) is 0 Å². The van der Waals surface area contributed by atoms with Crippen molar-refractivity contribution in [3.05, 3.63) is 28.2 Å². The Kier molecular flexibility index (Phi) is 3.97. The van der Waals surface area contributed by atoms with Crippen LogP contribution in [0, 0.1) is 17.6 Å². The van der Waals surface area contributed by atoms with Crippen LogP contribution >= 0.6 is 15.9 Å². The van der Waals surface area contributed by atoms with E-state index in [9.17, 15) is 13.6 Å². The van der Waals surface area contributed by atoms with Gasteiger partial charge in [-0.2, -0.15) is 0 Å². The summed E-state index contributed by atoms with van der Waals surface area (Å²) in [5.74, 6) is -1.46. The van der Waals surface area contributed by atoms with Crippen molar-refractivity contribution >= 4 is 27.5 Å². The van der Waals surface area contributed by atoms with E-state index in [-0.39, 0.29) is 28.5 Å². The highest BCUT2D eigenvalue weighted by molar-refractivity contribution is 9.10. The molecule has 1 aliphatic rings. The van der Waals surface area contributed by atoms with Crippen LogP contribution in [0.15, 0.2) is 16.6 Å². The van der Waals surface area contributed by atoms with E-state index in [0.717, 1.165) is 18.9 Å². The molecule has 98 valence electrons. The lowest BCUT2D eigenvalue weighted by Crippen LogP contribution is -2.29. The first-order valence-electron chi connectivity index (χ1n) is 5.67. The van der Waals surface area contributed by atoms with Gasteiger partial charge in [-0.25, -0.2) is 8.78 Å². The Hall–Kier alpha value is -1.01. The van der Waals surface area contributed by atoms with Crippen LogP contribution in [0.1, 0.15) is 19.3 Å². The molecule has 1 unspecified atom stereocenters. The van der Waals surface area contributed by atoms with Gasteiger partial charge in [-0.3, -0.25) is 4.79 Å². The molecular formula is C12H13BrF2N2O. The van der Waals surface area contributed by atoms with Crippen LogP contribution in [0.5, 0.6) is 0 Å². The zero-order valence-corrected chi connectivity index (χ0v) is 11.1. The zero-order valence-electron chi connectivity index (χ0n) is 9.55. The quantitative estimate of drug-likeness (QED) is 0.839. The van der Waals surface area contributed by atoms with Gasteiger partial charge in [0.05, 0.1) is 10.2 Å². The highest BCUT2D eigenvalue weighted by Crippen LogP contribution is 2.33. The first-order chi connectivity index (χ1) is 8.47. The third kappa shape index (κ3) is 3.26. The van der Waals surface area contributed by atoms with Crippen molar-refractivity contribution < 1.29 is 13.6 Å². The van der Waals surface area contributed by atoms with Crippen LogP contribution in [0.2, 0.25) is 0 Å². The summed E-state index contributed by atoms with van der Waals surface area (Å²) in [7, 11) is 0. The monoisotopic (exact) mass is 318 g/mol. The maximum Gasteiger partial charge on any atom is 0.226 e. The molecule has 1 saturated carbocycles. The molecule has 0 spiro atoms. The van der Waals surface area contributed by atoms with E-state index in [4.69, 9.17) is 5.73 Å². The van der Waals surface area contributed by atoms with E-state index in [0.29, 0.717) is 5.92 Å². The van der Waals surface area contributed by atoms with E-state index in [2.05, 4.69) is 21.2 Å². The van der Waals surface area contributed by atoms with Gasteiger partial charge in [-0.1, -0.05) is 0 Å². The van der Waals surface area contributed by atoms with Crippen LogP contribution in [0.3, 0.4) is 0 Å². The van der Waals surface area contributed by atoms with Crippen molar-refractivity contribution in [1.29, 1.82) is 0 Å². The predicted molar refractivity (Wildman–Crippen MR) is 68.0 cm³/mol. The molecule has 1 fully saturated rings. The van der Waals surface area contributed by atoms with Crippen LogP contribution in [-0.2, 0) is 4.79 Å². The van der Waals surface area contributed by atoms with Crippen molar-refractivity contribution in [1.82, 2.24) is 0 Å². The zero-order chi connectivity index (χ0) is 13.3. The lowest BCUT2D eigenvalue weighted by molar-refractivity contribution is -0.116. The number of amides is 1. The Morgan fingerprint density at radius 1 is 1.44 bits per heavy atom. The summed E-state index contributed by atoms with van der Waals surface area (Å²) >= 11 is 2.94. The Morgan fingerprint density at radius 3 is 2.72 bits per heavy atom. The molecule has 0 aromatic heterocycles. The van der Waals surface area contributed by atoms with E-state index < -0.39 is 11.6 Å². The van der Waals surface area contributed by atoms with E-state index in [1.807, 2.05) is 0 Å². The molecule has 0 aliphatic heterocycles. The van der Waals surface area contributed by atoms with Gasteiger partial charge in [0.1, 0.15) is 11.6 Å². The molecule has 0 radical (unpaired) electrons. The Balaban J connectivity index is 1.99. The normalized spacial score (nSPS) is 16.4. The first kappa shape index (κ1) is 13.4.